The van der Waals surface area contributed by atoms with Crippen molar-refractivity contribution in [2.24, 2.45) is 0 Å². The van der Waals surface area contributed by atoms with Gasteiger partial charge in [0.15, 0.2) is 0 Å². The molecule has 0 fully saturated rings. The highest BCUT2D eigenvalue weighted by Gasteiger charge is 2.08. The fraction of sp³-hybridized carbons (Fsp3) is 0.235. The molecule has 5 nitrogen and oxygen atoms in total. The van der Waals surface area contributed by atoms with Gasteiger partial charge < -0.3 is 5.32 Å². The van der Waals surface area contributed by atoms with Gasteiger partial charge in [0.05, 0.1) is 5.75 Å². The third-order valence-electron chi connectivity index (χ3n) is 3.34. The van der Waals surface area contributed by atoms with Crippen molar-refractivity contribution >= 4 is 29.0 Å². The molecule has 7 heteroatoms. The van der Waals surface area contributed by atoms with Gasteiger partial charge in [0.2, 0.25) is 11.1 Å². The molecule has 0 spiro atoms. The summed E-state index contributed by atoms with van der Waals surface area (Å²) in [6, 6.07) is 14.2. The average Bonchev–Trinajstić information content (AvgIpc) is 3.26. The summed E-state index contributed by atoms with van der Waals surface area (Å²) in [4.78, 5) is 17.5. The van der Waals surface area contributed by atoms with Gasteiger partial charge >= 0.3 is 0 Å². The Bertz CT molecular complexity index is 756. The normalized spacial score (nSPS) is 10.7. The number of aromatic amines is 1. The number of nitrogens with one attached hydrogen (secondary N) is 2. The standard InChI is InChI=1S/C17H18N4OS2/c22-16(18-9-8-13-5-2-1-3-6-13)12-24-17-19-15(20-21-17)11-14-7-4-10-23-14/h1-7,10H,8-9,11-12H2,(H,18,22)(H,19,20,21). The topological polar surface area (TPSA) is 70.7 Å². The van der Waals surface area contributed by atoms with Gasteiger partial charge in [-0.2, -0.15) is 0 Å². The Labute approximate surface area is 148 Å². The second-order valence-corrected chi connectivity index (χ2v) is 7.17. The van der Waals surface area contributed by atoms with E-state index in [1.807, 2.05) is 29.6 Å². The number of hydrogen-bond acceptors (Lipinski definition) is 5. The van der Waals surface area contributed by atoms with Crippen molar-refractivity contribution in [1.82, 2.24) is 20.5 Å². The van der Waals surface area contributed by atoms with Crippen molar-refractivity contribution in [3.63, 3.8) is 0 Å². The Kier molecular flexibility index (Phi) is 6.03. The molecule has 0 unspecified atom stereocenters. The van der Waals surface area contributed by atoms with Crippen molar-refractivity contribution in [2.75, 3.05) is 12.3 Å². The maximum atomic E-state index is 11.9. The van der Waals surface area contributed by atoms with Crippen LogP contribution >= 0.6 is 23.1 Å². The molecule has 24 heavy (non-hydrogen) atoms. The van der Waals surface area contributed by atoms with Crippen LogP contribution in [0.1, 0.15) is 16.3 Å². The lowest BCUT2D eigenvalue weighted by Crippen LogP contribution is -2.27. The number of thioether (sulfide) groups is 1. The Morgan fingerprint density at radius 2 is 2.08 bits per heavy atom. The monoisotopic (exact) mass is 358 g/mol. The largest absolute Gasteiger partial charge is 0.355 e. The highest BCUT2D eigenvalue weighted by molar-refractivity contribution is 7.99. The highest BCUT2D eigenvalue weighted by atomic mass is 32.2. The first kappa shape index (κ1) is 16.7. The lowest BCUT2D eigenvalue weighted by atomic mass is 10.1. The van der Waals surface area contributed by atoms with Crippen LogP contribution in [0.2, 0.25) is 0 Å². The number of rotatable bonds is 8. The molecule has 1 amide bonds. The quantitative estimate of drug-likeness (QED) is 0.608. The third kappa shape index (κ3) is 5.21. The number of thiophene rings is 1. The molecule has 2 aromatic heterocycles. The van der Waals surface area contributed by atoms with E-state index in [9.17, 15) is 4.79 Å². The van der Waals surface area contributed by atoms with Gasteiger partial charge in [-0.25, -0.2) is 4.98 Å². The average molecular weight is 358 g/mol. The SMILES string of the molecule is O=C(CSc1n[nH]c(Cc2cccs2)n1)NCCc1ccccc1. The molecule has 124 valence electrons. The van der Waals surface area contributed by atoms with Gasteiger partial charge in [-0.1, -0.05) is 48.2 Å². The zero-order chi connectivity index (χ0) is 16.6. The van der Waals surface area contributed by atoms with E-state index in [1.165, 1.54) is 22.2 Å². The zero-order valence-electron chi connectivity index (χ0n) is 13.1. The molecule has 0 bridgehead atoms. The minimum absolute atomic E-state index is 0.000498. The third-order valence-corrected chi connectivity index (χ3v) is 5.07. The van der Waals surface area contributed by atoms with Crippen molar-refractivity contribution in [3.05, 3.63) is 64.1 Å². The summed E-state index contributed by atoms with van der Waals surface area (Å²) in [5, 5.41) is 12.6. The summed E-state index contributed by atoms with van der Waals surface area (Å²) >= 11 is 3.04. The minimum Gasteiger partial charge on any atom is -0.355 e. The van der Waals surface area contributed by atoms with E-state index in [-0.39, 0.29) is 5.91 Å². The van der Waals surface area contributed by atoms with E-state index >= 15 is 0 Å². The predicted octanol–water partition coefficient (Wildman–Crippen LogP) is 2.91. The number of hydrogen-bond donors (Lipinski definition) is 2. The molecular weight excluding hydrogens is 340 g/mol. The van der Waals surface area contributed by atoms with Gasteiger partial charge in [-0.05, 0) is 23.4 Å². The molecule has 0 saturated carbocycles. The number of benzene rings is 1. The van der Waals surface area contributed by atoms with E-state index in [2.05, 4.69) is 38.7 Å². The number of nitrogens with zero attached hydrogens (tertiary/aromatic N) is 2. The molecule has 1 aromatic carbocycles. The molecule has 2 N–H and O–H groups in total. The number of aromatic nitrogens is 3. The fourth-order valence-electron chi connectivity index (χ4n) is 2.17. The van der Waals surface area contributed by atoms with Gasteiger partial charge in [-0.15, -0.1) is 16.4 Å². The Morgan fingerprint density at radius 3 is 2.88 bits per heavy atom. The van der Waals surface area contributed by atoms with Gasteiger partial charge in [-0.3, -0.25) is 9.89 Å². The fourth-order valence-corrected chi connectivity index (χ4v) is 3.53. The summed E-state index contributed by atoms with van der Waals surface area (Å²) in [5.74, 6) is 1.15. The summed E-state index contributed by atoms with van der Waals surface area (Å²) in [6.45, 7) is 0.640. The number of amides is 1. The van der Waals surface area contributed by atoms with E-state index in [0.29, 0.717) is 17.5 Å². The summed E-state index contributed by atoms with van der Waals surface area (Å²) in [6.07, 6.45) is 1.58. The first-order valence-corrected chi connectivity index (χ1v) is 9.53. The van der Waals surface area contributed by atoms with E-state index in [0.717, 1.165) is 18.7 Å². The lowest BCUT2D eigenvalue weighted by Gasteiger charge is -2.04. The Hall–Kier alpha value is -2.12. The van der Waals surface area contributed by atoms with E-state index in [4.69, 9.17) is 0 Å². The smallest absolute Gasteiger partial charge is 0.230 e. The Morgan fingerprint density at radius 1 is 1.21 bits per heavy atom. The van der Waals surface area contributed by atoms with Crippen LogP contribution in [0.5, 0.6) is 0 Å². The minimum atomic E-state index is 0.000498. The second-order valence-electron chi connectivity index (χ2n) is 5.20. The van der Waals surface area contributed by atoms with Crippen LogP contribution in [0.4, 0.5) is 0 Å². The number of carbonyl (C=O) groups is 1. The molecule has 0 aliphatic carbocycles. The maximum absolute atomic E-state index is 11.9. The summed E-state index contributed by atoms with van der Waals surface area (Å²) < 4.78 is 0. The molecule has 0 aliphatic heterocycles. The van der Waals surface area contributed by atoms with E-state index < -0.39 is 0 Å². The maximum Gasteiger partial charge on any atom is 0.230 e. The molecule has 0 saturated heterocycles. The van der Waals surface area contributed by atoms with Crippen LogP contribution in [0.3, 0.4) is 0 Å². The number of H-pyrrole nitrogens is 1. The van der Waals surface area contributed by atoms with Crippen LogP contribution in [-0.4, -0.2) is 33.4 Å². The summed E-state index contributed by atoms with van der Waals surface area (Å²) in [7, 11) is 0. The number of carbonyl (C=O) groups excluding carboxylic acids is 1. The molecule has 3 rings (SSSR count). The Balaban J connectivity index is 1.37. The molecule has 0 atom stereocenters. The summed E-state index contributed by atoms with van der Waals surface area (Å²) in [5.41, 5.74) is 1.22. The van der Waals surface area contributed by atoms with Gasteiger partial charge in [0.25, 0.3) is 0 Å². The van der Waals surface area contributed by atoms with Crippen LogP contribution < -0.4 is 5.32 Å². The van der Waals surface area contributed by atoms with Crippen molar-refractivity contribution in [2.45, 2.75) is 18.0 Å². The predicted molar refractivity (Wildman–Crippen MR) is 97.4 cm³/mol. The zero-order valence-corrected chi connectivity index (χ0v) is 14.7. The second kappa shape index (κ2) is 8.65. The molecule has 0 radical (unpaired) electrons. The molecule has 0 aliphatic rings. The van der Waals surface area contributed by atoms with Gasteiger partial charge in [0.1, 0.15) is 5.82 Å². The van der Waals surface area contributed by atoms with Crippen LogP contribution in [0.25, 0.3) is 0 Å². The molecular formula is C17H18N4OS2. The highest BCUT2D eigenvalue weighted by Crippen LogP contribution is 2.16. The molecule has 3 aromatic rings. The van der Waals surface area contributed by atoms with Crippen molar-refractivity contribution in [1.29, 1.82) is 0 Å². The van der Waals surface area contributed by atoms with Crippen LogP contribution in [-0.2, 0) is 17.6 Å². The molecule has 2 heterocycles. The van der Waals surface area contributed by atoms with Gasteiger partial charge in [0, 0.05) is 17.8 Å². The lowest BCUT2D eigenvalue weighted by molar-refractivity contribution is -0.118. The van der Waals surface area contributed by atoms with Crippen molar-refractivity contribution in [3.8, 4) is 0 Å². The van der Waals surface area contributed by atoms with Crippen LogP contribution in [0.15, 0.2) is 53.0 Å². The van der Waals surface area contributed by atoms with Crippen LogP contribution in [0, 0.1) is 0 Å². The van der Waals surface area contributed by atoms with E-state index in [1.54, 1.807) is 11.3 Å². The van der Waals surface area contributed by atoms with Crippen molar-refractivity contribution < 1.29 is 4.79 Å². The first-order valence-electron chi connectivity index (χ1n) is 7.66. The first-order chi connectivity index (χ1) is 11.8.